The molecular formula is C13H19NO4S. The first-order valence-electron chi connectivity index (χ1n) is 6.24. The average molecular weight is 285 g/mol. The zero-order valence-corrected chi connectivity index (χ0v) is 12.2. The van der Waals surface area contributed by atoms with E-state index in [4.69, 9.17) is 9.47 Å². The van der Waals surface area contributed by atoms with E-state index in [0.29, 0.717) is 18.9 Å². The van der Waals surface area contributed by atoms with Crippen molar-refractivity contribution in [2.75, 3.05) is 20.3 Å². The van der Waals surface area contributed by atoms with Gasteiger partial charge in [-0.1, -0.05) is 0 Å². The molecule has 1 aliphatic heterocycles. The largest absolute Gasteiger partial charge is 0.497 e. The van der Waals surface area contributed by atoms with Gasteiger partial charge in [-0.15, -0.1) is 0 Å². The fourth-order valence-electron chi connectivity index (χ4n) is 2.13. The molecule has 0 aliphatic carbocycles. The van der Waals surface area contributed by atoms with Crippen molar-refractivity contribution in [2.45, 2.75) is 30.9 Å². The van der Waals surface area contributed by atoms with Crippen LogP contribution in [0.15, 0.2) is 29.2 Å². The Hall–Kier alpha value is -1.11. The van der Waals surface area contributed by atoms with Crippen LogP contribution in [0.4, 0.5) is 0 Å². The topological polar surface area (TPSA) is 55.8 Å². The van der Waals surface area contributed by atoms with Crippen LogP contribution >= 0.6 is 0 Å². The lowest BCUT2D eigenvalue weighted by molar-refractivity contribution is -0.0232. The molecular weight excluding hydrogens is 266 g/mol. The normalized spacial score (nSPS) is 25.2. The summed E-state index contributed by atoms with van der Waals surface area (Å²) in [5.74, 6) is 0.641. The van der Waals surface area contributed by atoms with Crippen molar-refractivity contribution >= 4 is 10.0 Å². The molecule has 2 atom stereocenters. The summed E-state index contributed by atoms with van der Waals surface area (Å²) >= 11 is 0. The number of methoxy groups -OCH3 is 1. The number of benzene rings is 1. The molecule has 1 heterocycles. The molecule has 1 saturated heterocycles. The summed E-state index contributed by atoms with van der Waals surface area (Å²) in [6, 6.07) is 6.28. The van der Waals surface area contributed by atoms with Crippen molar-refractivity contribution in [3.8, 4) is 5.75 Å². The van der Waals surface area contributed by atoms with E-state index in [-0.39, 0.29) is 17.0 Å². The number of nitrogens with zero attached hydrogens (tertiary/aromatic N) is 1. The summed E-state index contributed by atoms with van der Waals surface area (Å²) < 4.78 is 37.1. The Morgan fingerprint density at radius 2 is 1.89 bits per heavy atom. The fourth-order valence-corrected chi connectivity index (χ4v) is 3.80. The molecule has 1 aromatic carbocycles. The summed E-state index contributed by atoms with van der Waals surface area (Å²) in [4.78, 5) is 0.286. The first kappa shape index (κ1) is 14.3. The van der Waals surface area contributed by atoms with Gasteiger partial charge in [-0.05, 0) is 38.1 Å². The number of hydrogen-bond donors (Lipinski definition) is 0. The molecule has 6 heteroatoms. The van der Waals surface area contributed by atoms with E-state index in [0.717, 1.165) is 0 Å². The second kappa shape index (κ2) is 5.48. The molecule has 0 bridgehead atoms. The van der Waals surface area contributed by atoms with Gasteiger partial charge in [0.25, 0.3) is 0 Å². The molecule has 1 aliphatic rings. The number of rotatable bonds is 3. The second-order valence-corrected chi connectivity index (χ2v) is 6.50. The van der Waals surface area contributed by atoms with E-state index in [9.17, 15) is 8.42 Å². The molecule has 2 rings (SSSR count). The molecule has 1 fully saturated rings. The molecule has 0 N–H and O–H groups in total. The summed E-state index contributed by atoms with van der Waals surface area (Å²) in [6.45, 7) is 4.58. The van der Waals surface area contributed by atoms with E-state index in [1.54, 1.807) is 31.4 Å². The van der Waals surface area contributed by atoms with Crippen molar-refractivity contribution in [1.82, 2.24) is 4.31 Å². The van der Waals surface area contributed by atoms with E-state index in [1.165, 1.54) is 4.31 Å². The SMILES string of the molecule is COc1ccc(S(=O)(=O)N2CCOC(C)C2C)cc1. The van der Waals surface area contributed by atoms with Gasteiger partial charge in [0.15, 0.2) is 0 Å². The Morgan fingerprint density at radius 1 is 1.26 bits per heavy atom. The standard InChI is InChI=1S/C13H19NO4S/c1-10-11(2)18-9-8-14(10)19(15,16)13-6-4-12(17-3)5-7-13/h4-7,10-11H,8-9H2,1-3H3. The molecule has 0 spiro atoms. The molecule has 106 valence electrons. The zero-order valence-electron chi connectivity index (χ0n) is 11.4. The quantitative estimate of drug-likeness (QED) is 0.844. The van der Waals surface area contributed by atoms with E-state index in [2.05, 4.69) is 0 Å². The van der Waals surface area contributed by atoms with Crippen molar-refractivity contribution in [1.29, 1.82) is 0 Å². The maximum absolute atomic E-state index is 12.6. The number of morpholine rings is 1. The molecule has 19 heavy (non-hydrogen) atoms. The monoisotopic (exact) mass is 285 g/mol. The minimum Gasteiger partial charge on any atom is -0.497 e. The molecule has 0 aromatic heterocycles. The van der Waals surface area contributed by atoms with Crippen LogP contribution in [0.5, 0.6) is 5.75 Å². The molecule has 2 unspecified atom stereocenters. The summed E-state index contributed by atoms with van der Waals surface area (Å²) in [6.07, 6.45) is -0.0956. The van der Waals surface area contributed by atoms with Crippen molar-refractivity contribution in [3.05, 3.63) is 24.3 Å². The third-order valence-corrected chi connectivity index (χ3v) is 5.49. The Labute approximate surface area is 114 Å². The average Bonchev–Trinajstić information content (AvgIpc) is 2.41. The van der Waals surface area contributed by atoms with Crippen LogP contribution in [-0.4, -0.2) is 45.1 Å². The van der Waals surface area contributed by atoms with Gasteiger partial charge in [-0.2, -0.15) is 4.31 Å². The van der Waals surface area contributed by atoms with Crippen LogP contribution in [0.2, 0.25) is 0 Å². The lowest BCUT2D eigenvalue weighted by Gasteiger charge is -2.36. The van der Waals surface area contributed by atoms with Crippen LogP contribution in [0, 0.1) is 0 Å². The minimum atomic E-state index is -3.47. The third kappa shape index (κ3) is 2.75. The smallest absolute Gasteiger partial charge is 0.243 e. The molecule has 0 amide bonds. The van der Waals surface area contributed by atoms with Gasteiger partial charge in [0.05, 0.1) is 24.7 Å². The lowest BCUT2D eigenvalue weighted by atomic mass is 10.2. The van der Waals surface area contributed by atoms with Crippen LogP contribution in [0.3, 0.4) is 0 Å². The highest BCUT2D eigenvalue weighted by Gasteiger charge is 2.35. The first-order valence-corrected chi connectivity index (χ1v) is 7.68. The number of sulfonamides is 1. The van der Waals surface area contributed by atoms with Crippen molar-refractivity contribution in [3.63, 3.8) is 0 Å². The van der Waals surface area contributed by atoms with Gasteiger partial charge in [0.1, 0.15) is 5.75 Å². The van der Waals surface area contributed by atoms with Gasteiger partial charge < -0.3 is 9.47 Å². The van der Waals surface area contributed by atoms with Crippen molar-refractivity contribution < 1.29 is 17.9 Å². The number of hydrogen-bond acceptors (Lipinski definition) is 4. The van der Waals surface area contributed by atoms with E-state index < -0.39 is 10.0 Å². The van der Waals surface area contributed by atoms with Gasteiger partial charge in [0, 0.05) is 12.6 Å². The summed E-state index contributed by atoms with van der Waals surface area (Å²) in [5.41, 5.74) is 0. The highest BCUT2D eigenvalue weighted by Crippen LogP contribution is 2.24. The van der Waals surface area contributed by atoms with Crippen LogP contribution < -0.4 is 4.74 Å². The van der Waals surface area contributed by atoms with E-state index in [1.807, 2.05) is 13.8 Å². The van der Waals surface area contributed by atoms with Gasteiger partial charge in [-0.3, -0.25) is 0 Å². The third-order valence-electron chi connectivity index (χ3n) is 3.49. The summed E-state index contributed by atoms with van der Waals surface area (Å²) in [5, 5.41) is 0. The van der Waals surface area contributed by atoms with Gasteiger partial charge in [-0.25, -0.2) is 8.42 Å². The summed E-state index contributed by atoms with van der Waals surface area (Å²) in [7, 11) is -1.92. The predicted octanol–water partition coefficient (Wildman–Crippen LogP) is 1.49. The zero-order chi connectivity index (χ0) is 14.0. The van der Waals surface area contributed by atoms with Crippen LogP contribution in [-0.2, 0) is 14.8 Å². The maximum Gasteiger partial charge on any atom is 0.243 e. The fraction of sp³-hybridized carbons (Fsp3) is 0.538. The number of ether oxygens (including phenoxy) is 2. The van der Waals surface area contributed by atoms with Crippen LogP contribution in [0.1, 0.15) is 13.8 Å². The lowest BCUT2D eigenvalue weighted by Crippen LogP contribution is -2.50. The highest BCUT2D eigenvalue weighted by molar-refractivity contribution is 7.89. The Morgan fingerprint density at radius 3 is 2.47 bits per heavy atom. The Bertz CT molecular complexity index is 526. The maximum atomic E-state index is 12.6. The highest BCUT2D eigenvalue weighted by atomic mass is 32.2. The molecule has 5 nitrogen and oxygen atoms in total. The predicted molar refractivity (Wildman–Crippen MR) is 71.8 cm³/mol. The van der Waals surface area contributed by atoms with E-state index >= 15 is 0 Å². The van der Waals surface area contributed by atoms with Gasteiger partial charge >= 0.3 is 0 Å². The minimum absolute atomic E-state index is 0.0956. The van der Waals surface area contributed by atoms with Gasteiger partial charge in [0.2, 0.25) is 10.0 Å². The molecule has 1 aromatic rings. The van der Waals surface area contributed by atoms with Crippen molar-refractivity contribution in [2.24, 2.45) is 0 Å². The Kier molecular flexibility index (Phi) is 4.13. The molecule has 0 radical (unpaired) electrons. The second-order valence-electron chi connectivity index (χ2n) is 4.61. The Balaban J connectivity index is 2.30. The first-order chi connectivity index (χ1) is 8.96. The van der Waals surface area contributed by atoms with Crippen LogP contribution in [0.25, 0.3) is 0 Å². The molecule has 0 saturated carbocycles.